The van der Waals surface area contributed by atoms with E-state index in [0.717, 1.165) is 19.6 Å². The lowest BCUT2D eigenvalue weighted by atomic mass is 10.0. The maximum Gasteiger partial charge on any atom is 0.228 e. The second-order valence-corrected chi connectivity index (χ2v) is 3.71. The summed E-state index contributed by atoms with van der Waals surface area (Å²) in [5.74, 6) is 0.657. The molecule has 2 aliphatic rings. The van der Waals surface area contributed by atoms with Crippen LogP contribution in [0.15, 0.2) is 0 Å². The highest BCUT2D eigenvalue weighted by atomic mass is 16.2. The molecule has 0 bridgehead atoms. The highest BCUT2D eigenvalue weighted by molar-refractivity contribution is 5.80. The van der Waals surface area contributed by atoms with Crippen LogP contribution in [0, 0.1) is 5.92 Å². The zero-order chi connectivity index (χ0) is 8.55. The molecule has 0 unspecified atom stereocenters. The molecule has 1 amide bonds. The molecule has 0 aromatic heterocycles. The van der Waals surface area contributed by atoms with Gasteiger partial charge in [0.15, 0.2) is 0 Å². The molecule has 1 N–H and O–H groups in total. The van der Waals surface area contributed by atoms with Gasteiger partial charge in [-0.15, -0.1) is 0 Å². The third-order valence-corrected chi connectivity index (χ3v) is 2.74. The standard InChI is InChI=1S/C9H16N2O/c1-2-11(8-3-4-8)9(12)7-5-10-6-7/h7-8,10H,2-6H2,1H3. The topological polar surface area (TPSA) is 32.3 Å². The number of rotatable bonds is 3. The number of amides is 1. The average Bonchev–Trinajstić information content (AvgIpc) is 2.68. The molecule has 1 saturated heterocycles. The van der Waals surface area contributed by atoms with Crippen molar-refractivity contribution < 1.29 is 4.79 Å². The van der Waals surface area contributed by atoms with E-state index in [1.165, 1.54) is 12.8 Å². The first kappa shape index (κ1) is 8.05. The summed E-state index contributed by atoms with van der Waals surface area (Å²) in [4.78, 5) is 13.8. The summed E-state index contributed by atoms with van der Waals surface area (Å²) in [6, 6.07) is 0.586. The van der Waals surface area contributed by atoms with Gasteiger partial charge in [0.05, 0.1) is 5.92 Å². The Labute approximate surface area is 73.1 Å². The quantitative estimate of drug-likeness (QED) is 0.653. The third-order valence-electron chi connectivity index (χ3n) is 2.74. The van der Waals surface area contributed by atoms with Crippen LogP contribution in [-0.4, -0.2) is 36.5 Å². The molecule has 0 radical (unpaired) electrons. The molecule has 1 saturated carbocycles. The molecule has 3 heteroatoms. The highest BCUT2D eigenvalue weighted by Crippen LogP contribution is 2.28. The Morgan fingerprint density at radius 1 is 1.50 bits per heavy atom. The Morgan fingerprint density at radius 2 is 2.17 bits per heavy atom. The summed E-state index contributed by atoms with van der Waals surface area (Å²) >= 11 is 0. The van der Waals surface area contributed by atoms with Crippen LogP contribution in [0.25, 0.3) is 0 Å². The average molecular weight is 168 g/mol. The monoisotopic (exact) mass is 168 g/mol. The third kappa shape index (κ3) is 1.33. The van der Waals surface area contributed by atoms with Crippen molar-refractivity contribution >= 4 is 5.91 Å². The van der Waals surface area contributed by atoms with Crippen LogP contribution in [0.5, 0.6) is 0 Å². The van der Waals surface area contributed by atoms with Crippen LogP contribution in [0.4, 0.5) is 0 Å². The van der Waals surface area contributed by atoms with Crippen molar-refractivity contribution in [2.24, 2.45) is 5.92 Å². The van der Waals surface area contributed by atoms with Gasteiger partial charge < -0.3 is 10.2 Å². The van der Waals surface area contributed by atoms with Gasteiger partial charge in [-0.25, -0.2) is 0 Å². The summed E-state index contributed by atoms with van der Waals surface area (Å²) < 4.78 is 0. The fraction of sp³-hybridized carbons (Fsp3) is 0.889. The maximum atomic E-state index is 11.7. The van der Waals surface area contributed by atoms with Crippen molar-refractivity contribution in [1.82, 2.24) is 10.2 Å². The molecule has 1 aliphatic carbocycles. The maximum absolute atomic E-state index is 11.7. The molecule has 0 spiro atoms. The normalized spacial score (nSPS) is 23.4. The lowest BCUT2D eigenvalue weighted by Crippen LogP contribution is -2.52. The predicted octanol–water partition coefficient (Wildman–Crippen LogP) is 0.217. The summed E-state index contributed by atoms with van der Waals surface area (Å²) in [6.07, 6.45) is 2.44. The smallest absolute Gasteiger partial charge is 0.228 e. The molecule has 3 nitrogen and oxygen atoms in total. The van der Waals surface area contributed by atoms with Gasteiger partial charge in [-0.05, 0) is 19.8 Å². The second kappa shape index (κ2) is 3.05. The van der Waals surface area contributed by atoms with Gasteiger partial charge in [-0.1, -0.05) is 0 Å². The minimum absolute atomic E-state index is 0.283. The van der Waals surface area contributed by atoms with Crippen molar-refractivity contribution in [3.63, 3.8) is 0 Å². The molecule has 0 aromatic rings. The number of carbonyl (C=O) groups is 1. The molecule has 0 atom stereocenters. The van der Waals surface area contributed by atoms with Gasteiger partial charge in [0.25, 0.3) is 0 Å². The SMILES string of the molecule is CCN(C(=O)C1CNC1)C1CC1. The van der Waals surface area contributed by atoms with Crippen LogP contribution in [-0.2, 0) is 4.79 Å². The highest BCUT2D eigenvalue weighted by Gasteiger charge is 2.36. The number of nitrogens with one attached hydrogen (secondary N) is 1. The number of nitrogens with zero attached hydrogens (tertiary/aromatic N) is 1. The number of hydrogen-bond donors (Lipinski definition) is 1. The van der Waals surface area contributed by atoms with E-state index in [9.17, 15) is 4.79 Å². The van der Waals surface area contributed by atoms with E-state index in [-0.39, 0.29) is 5.92 Å². The van der Waals surface area contributed by atoms with Gasteiger partial charge in [-0.2, -0.15) is 0 Å². The molecule has 68 valence electrons. The fourth-order valence-corrected chi connectivity index (χ4v) is 1.68. The summed E-state index contributed by atoms with van der Waals surface area (Å²) in [5.41, 5.74) is 0. The lowest BCUT2D eigenvalue weighted by Gasteiger charge is -2.31. The van der Waals surface area contributed by atoms with Crippen molar-refractivity contribution in [1.29, 1.82) is 0 Å². The summed E-state index contributed by atoms with van der Waals surface area (Å²) in [6.45, 7) is 4.74. The van der Waals surface area contributed by atoms with E-state index in [0.29, 0.717) is 11.9 Å². The molecular formula is C9H16N2O. The summed E-state index contributed by atoms with van der Waals surface area (Å²) in [7, 11) is 0. The van der Waals surface area contributed by atoms with E-state index < -0.39 is 0 Å². The summed E-state index contributed by atoms with van der Waals surface area (Å²) in [5, 5.41) is 3.13. The molecule has 0 aromatic carbocycles. The Morgan fingerprint density at radius 3 is 2.50 bits per heavy atom. The van der Waals surface area contributed by atoms with E-state index in [2.05, 4.69) is 12.2 Å². The van der Waals surface area contributed by atoms with E-state index in [1.807, 2.05) is 4.90 Å². The lowest BCUT2D eigenvalue weighted by molar-refractivity contribution is -0.137. The second-order valence-electron chi connectivity index (χ2n) is 3.71. The Bertz CT molecular complexity index is 185. The molecular weight excluding hydrogens is 152 g/mol. The fourth-order valence-electron chi connectivity index (χ4n) is 1.68. The van der Waals surface area contributed by atoms with Gasteiger partial charge in [0.2, 0.25) is 5.91 Å². The first-order valence-corrected chi connectivity index (χ1v) is 4.84. The largest absolute Gasteiger partial charge is 0.340 e. The van der Waals surface area contributed by atoms with Gasteiger partial charge in [0.1, 0.15) is 0 Å². The predicted molar refractivity (Wildman–Crippen MR) is 46.8 cm³/mol. The first-order chi connectivity index (χ1) is 5.83. The van der Waals surface area contributed by atoms with Crippen molar-refractivity contribution in [2.75, 3.05) is 19.6 Å². The van der Waals surface area contributed by atoms with E-state index in [1.54, 1.807) is 0 Å². The van der Waals surface area contributed by atoms with Crippen LogP contribution >= 0.6 is 0 Å². The van der Waals surface area contributed by atoms with Crippen molar-refractivity contribution in [2.45, 2.75) is 25.8 Å². The van der Waals surface area contributed by atoms with Crippen LogP contribution in [0.3, 0.4) is 0 Å². The Kier molecular flexibility index (Phi) is 2.05. The molecule has 1 heterocycles. The minimum atomic E-state index is 0.283. The first-order valence-electron chi connectivity index (χ1n) is 4.84. The van der Waals surface area contributed by atoms with Gasteiger partial charge >= 0.3 is 0 Å². The Hall–Kier alpha value is -0.570. The van der Waals surface area contributed by atoms with Crippen LogP contribution in [0.2, 0.25) is 0 Å². The van der Waals surface area contributed by atoms with E-state index >= 15 is 0 Å². The van der Waals surface area contributed by atoms with Crippen molar-refractivity contribution in [3.05, 3.63) is 0 Å². The van der Waals surface area contributed by atoms with Crippen LogP contribution < -0.4 is 5.32 Å². The number of hydrogen-bond acceptors (Lipinski definition) is 2. The molecule has 2 fully saturated rings. The van der Waals surface area contributed by atoms with Crippen molar-refractivity contribution in [3.8, 4) is 0 Å². The molecule has 1 aliphatic heterocycles. The number of carbonyl (C=O) groups excluding carboxylic acids is 1. The Balaban J connectivity index is 1.90. The zero-order valence-corrected chi connectivity index (χ0v) is 7.55. The van der Waals surface area contributed by atoms with E-state index in [4.69, 9.17) is 0 Å². The van der Waals surface area contributed by atoms with Gasteiger partial charge in [0, 0.05) is 25.7 Å². The minimum Gasteiger partial charge on any atom is -0.340 e. The van der Waals surface area contributed by atoms with Crippen LogP contribution in [0.1, 0.15) is 19.8 Å². The van der Waals surface area contributed by atoms with Gasteiger partial charge in [-0.3, -0.25) is 4.79 Å². The molecule has 12 heavy (non-hydrogen) atoms. The zero-order valence-electron chi connectivity index (χ0n) is 7.55. The molecule has 2 rings (SSSR count).